The molecule has 3 rings (SSSR count). The molecule has 0 spiro atoms. The molecule has 0 aliphatic carbocycles. The van der Waals surface area contributed by atoms with Crippen LogP contribution >= 0.6 is 0 Å². The third kappa shape index (κ3) is 2.25. The van der Waals surface area contributed by atoms with Gasteiger partial charge in [-0.25, -0.2) is 0 Å². The maximum Gasteiger partial charge on any atom is 0.119 e. The second-order valence-corrected chi connectivity index (χ2v) is 4.95. The van der Waals surface area contributed by atoms with E-state index in [4.69, 9.17) is 4.74 Å². The van der Waals surface area contributed by atoms with Crippen LogP contribution in [-0.4, -0.2) is 12.1 Å². The molecule has 0 atom stereocenters. The van der Waals surface area contributed by atoms with E-state index in [1.165, 1.54) is 5.56 Å². The highest BCUT2D eigenvalue weighted by Crippen LogP contribution is 2.32. The van der Waals surface area contributed by atoms with E-state index in [1.807, 2.05) is 18.2 Å². The molecule has 1 heterocycles. The highest BCUT2D eigenvalue weighted by Gasteiger charge is 2.13. The summed E-state index contributed by atoms with van der Waals surface area (Å²) >= 11 is 0. The summed E-state index contributed by atoms with van der Waals surface area (Å²) in [5, 5.41) is 10.4. The molecule has 0 saturated heterocycles. The van der Waals surface area contributed by atoms with Crippen LogP contribution in [0.2, 0.25) is 0 Å². The third-order valence-electron chi connectivity index (χ3n) is 3.77. The molecule has 0 aliphatic heterocycles. The number of aromatic nitrogens is 1. The molecular formula is C18H16N2O. The van der Waals surface area contributed by atoms with Crippen LogP contribution in [0.4, 0.5) is 0 Å². The van der Waals surface area contributed by atoms with Crippen molar-refractivity contribution in [2.24, 2.45) is 0 Å². The van der Waals surface area contributed by atoms with Crippen LogP contribution < -0.4 is 4.74 Å². The number of ether oxygens (including phenoxy) is 1. The Bertz CT molecular complexity index is 823. The number of nitrogens with one attached hydrogen (secondary N) is 1. The van der Waals surface area contributed by atoms with Crippen molar-refractivity contribution in [1.29, 1.82) is 5.26 Å². The van der Waals surface area contributed by atoms with Gasteiger partial charge in [0.05, 0.1) is 18.4 Å². The van der Waals surface area contributed by atoms with Gasteiger partial charge >= 0.3 is 0 Å². The highest BCUT2D eigenvalue weighted by molar-refractivity contribution is 5.94. The molecule has 21 heavy (non-hydrogen) atoms. The summed E-state index contributed by atoms with van der Waals surface area (Å²) < 4.78 is 5.24. The zero-order valence-electron chi connectivity index (χ0n) is 12.1. The lowest BCUT2D eigenvalue weighted by molar-refractivity contribution is 0.415. The van der Waals surface area contributed by atoms with E-state index in [1.54, 1.807) is 7.11 Å². The molecule has 0 radical (unpaired) electrons. The Kier molecular flexibility index (Phi) is 3.37. The molecule has 0 aliphatic rings. The number of aryl methyl sites for hydroxylation is 1. The summed E-state index contributed by atoms with van der Waals surface area (Å²) in [4.78, 5) is 3.34. The Morgan fingerprint density at radius 1 is 1.14 bits per heavy atom. The Hall–Kier alpha value is -2.73. The van der Waals surface area contributed by atoms with E-state index in [-0.39, 0.29) is 0 Å². The summed E-state index contributed by atoms with van der Waals surface area (Å²) in [5.41, 5.74) is 4.78. The first kappa shape index (κ1) is 13.3. The van der Waals surface area contributed by atoms with E-state index in [2.05, 4.69) is 42.2 Å². The van der Waals surface area contributed by atoms with Gasteiger partial charge < -0.3 is 9.72 Å². The normalized spacial score (nSPS) is 10.5. The predicted octanol–water partition coefficient (Wildman–Crippen LogP) is 4.28. The Morgan fingerprint density at radius 2 is 1.90 bits per heavy atom. The number of nitriles is 1. The van der Waals surface area contributed by atoms with Crippen molar-refractivity contribution in [3.8, 4) is 23.1 Å². The van der Waals surface area contributed by atoms with Crippen LogP contribution in [-0.2, 0) is 6.42 Å². The van der Waals surface area contributed by atoms with E-state index in [9.17, 15) is 5.26 Å². The van der Waals surface area contributed by atoms with Crippen LogP contribution in [0.3, 0.4) is 0 Å². The van der Waals surface area contributed by atoms with Gasteiger partial charge in [0.25, 0.3) is 0 Å². The van der Waals surface area contributed by atoms with Crippen molar-refractivity contribution < 1.29 is 4.74 Å². The van der Waals surface area contributed by atoms with E-state index >= 15 is 0 Å². The molecule has 0 amide bonds. The van der Waals surface area contributed by atoms with Gasteiger partial charge in [-0.1, -0.05) is 31.2 Å². The molecule has 3 aromatic rings. The van der Waals surface area contributed by atoms with Gasteiger partial charge in [-0.05, 0) is 35.7 Å². The largest absolute Gasteiger partial charge is 0.497 e. The first-order valence-corrected chi connectivity index (χ1v) is 6.96. The second-order valence-electron chi connectivity index (χ2n) is 4.95. The molecule has 1 aromatic heterocycles. The fourth-order valence-corrected chi connectivity index (χ4v) is 2.54. The fraction of sp³-hybridized carbons (Fsp3) is 0.167. The van der Waals surface area contributed by atoms with Crippen molar-refractivity contribution in [1.82, 2.24) is 4.98 Å². The predicted molar refractivity (Wildman–Crippen MR) is 84.4 cm³/mol. The topological polar surface area (TPSA) is 48.8 Å². The van der Waals surface area contributed by atoms with Crippen molar-refractivity contribution in [2.75, 3.05) is 7.11 Å². The van der Waals surface area contributed by atoms with Crippen LogP contribution in [0.25, 0.3) is 22.2 Å². The molecular weight excluding hydrogens is 260 g/mol. The average Bonchev–Trinajstić information content (AvgIpc) is 2.92. The van der Waals surface area contributed by atoms with Gasteiger partial charge in [0.1, 0.15) is 11.8 Å². The molecule has 104 valence electrons. The summed E-state index contributed by atoms with van der Waals surface area (Å²) in [5.74, 6) is 0.755. The molecule has 2 aromatic carbocycles. The summed E-state index contributed by atoms with van der Waals surface area (Å²) in [6.45, 7) is 2.13. The van der Waals surface area contributed by atoms with Gasteiger partial charge in [-0.3, -0.25) is 0 Å². The smallest absolute Gasteiger partial charge is 0.119 e. The van der Waals surface area contributed by atoms with Crippen LogP contribution in [0.1, 0.15) is 18.1 Å². The second kappa shape index (κ2) is 5.34. The SMILES string of the molecule is CCc1ccc(-c2[nH]c3ccc(OC)cc3c2C#N)cc1. The van der Waals surface area contributed by atoms with Crippen molar-refractivity contribution in [3.05, 3.63) is 53.6 Å². The Balaban J connectivity index is 2.19. The zero-order valence-corrected chi connectivity index (χ0v) is 12.1. The molecule has 3 nitrogen and oxygen atoms in total. The van der Waals surface area contributed by atoms with Crippen molar-refractivity contribution in [2.45, 2.75) is 13.3 Å². The molecule has 1 N–H and O–H groups in total. The lowest BCUT2D eigenvalue weighted by Gasteiger charge is -2.01. The molecule has 0 fully saturated rings. The average molecular weight is 276 g/mol. The quantitative estimate of drug-likeness (QED) is 0.776. The monoisotopic (exact) mass is 276 g/mol. The number of hydrogen-bond donors (Lipinski definition) is 1. The minimum absolute atomic E-state index is 0.660. The number of benzene rings is 2. The fourth-order valence-electron chi connectivity index (χ4n) is 2.54. The minimum Gasteiger partial charge on any atom is -0.497 e. The minimum atomic E-state index is 0.660. The Labute approximate surface area is 123 Å². The van der Waals surface area contributed by atoms with Crippen LogP contribution in [0.15, 0.2) is 42.5 Å². The number of hydrogen-bond acceptors (Lipinski definition) is 2. The van der Waals surface area contributed by atoms with Crippen molar-refractivity contribution >= 4 is 10.9 Å². The van der Waals surface area contributed by atoms with Crippen LogP contribution in [0, 0.1) is 11.3 Å². The summed E-state index contributed by atoms with van der Waals surface area (Å²) in [6.07, 6.45) is 1.01. The van der Waals surface area contributed by atoms with Crippen molar-refractivity contribution in [3.63, 3.8) is 0 Å². The number of aromatic amines is 1. The maximum absolute atomic E-state index is 9.52. The maximum atomic E-state index is 9.52. The molecule has 3 heteroatoms. The first-order valence-electron chi connectivity index (χ1n) is 6.96. The summed E-state index contributed by atoms with van der Waals surface area (Å²) in [6, 6.07) is 16.4. The zero-order chi connectivity index (χ0) is 14.8. The Morgan fingerprint density at radius 3 is 2.52 bits per heavy atom. The van der Waals surface area contributed by atoms with E-state index in [0.717, 1.165) is 34.3 Å². The molecule has 0 unspecified atom stereocenters. The lowest BCUT2D eigenvalue weighted by atomic mass is 10.0. The molecule has 0 saturated carbocycles. The van der Waals surface area contributed by atoms with E-state index < -0.39 is 0 Å². The standard InChI is InChI=1S/C18H16N2O/c1-3-12-4-6-13(7-5-12)18-16(11-19)15-10-14(21-2)8-9-17(15)20-18/h4-10,20H,3H2,1-2H3. The first-order chi connectivity index (χ1) is 10.3. The number of fused-ring (bicyclic) bond motifs is 1. The number of nitrogens with zero attached hydrogens (tertiary/aromatic N) is 1. The van der Waals surface area contributed by atoms with Crippen LogP contribution in [0.5, 0.6) is 5.75 Å². The number of rotatable bonds is 3. The highest BCUT2D eigenvalue weighted by atomic mass is 16.5. The number of methoxy groups -OCH3 is 1. The van der Waals surface area contributed by atoms with Gasteiger partial charge in [0.2, 0.25) is 0 Å². The molecule has 0 bridgehead atoms. The van der Waals surface area contributed by atoms with Gasteiger partial charge in [-0.15, -0.1) is 0 Å². The van der Waals surface area contributed by atoms with Gasteiger partial charge in [0.15, 0.2) is 0 Å². The number of H-pyrrole nitrogens is 1. The lowest BCUT2D eigenvalue weighted by Crippen LogP contribution is -1.84. The van der Waals surface area contributed by atoms with Gasteiger partial charge in [-0.2, -0.15) is 5.26 Å². The third-order valence-corrected chi connectivity index (χ3v) is 3.77. The summed E-state index contributed by atoms with van der Waals surface area (Å²) in [7, 11) is 1.63. The van der Waals surface area contributed by atoms with Gasteiger partial charge in [0, 0.05) is 10.9 Å². The van der Waals surface area contributed by atoms with E-state index in [0.29, 0.717) is 5.56 Å².